The molecule has 1 N–H and O–H groups in total. The molecule has 1 aromatic carbocycles. The van der Waals surface area contributed by atoms with Gasteiger partial charge in [0.15, 0.2) is 0 Å². The highest BCUT2D eigenvalue weighted by Gasteiger charge is 2.58. The molecule has 5 heteroatoms. The van der Waals surface area contributed by atoms with Crippen molar-refractivity contribution in [2.75, 3.05) is 7.11 Å². The number of amides is 1. The van der Waals surface area contributed by atoms with Crippen molar-refractivity contribution < 1.29 is 19.4 Å². The van der Waals surface area contributed by atoms with Crippen LogP contribution in [-0.2, 0) is 4.74 Å². The third-order valence-corrected chi connectivity index (χ3v) is 6.40. The van der Waals surface area contributed by atoms with Crippen LogP contribution in [0.25, 0.3) is 0 Å². The molecule has 1 aliphatic carbocycles. The SMILES string of the molecule is COc1ccc(C(C2CCCCC2)C2OC(C)(C)N(C(=O)O)C2(C)C)cc1. The summed E-state index contributed by atoms with van der Waals surface area (Å²) in [5.41, 5.74) is -0.250. The standard InChI is InChI=1S/C22H33NO4/c1-21(2)19(27-22(3,4)23(21)20(24)25)18(15-9-7-6-8-10-15)16-11-13-17(26-5)14-12-16/h11-15,18-19H,6-10H2,1-5H3,(H,24,25). The average molecular weight is 376 g/mol. The number of nitrogens with zero attached hydrogens (tertiary/aromatic N) is 1. The minimum Gasteiger partial charge on any atom is -0.497 e. The molecule has 1 heterocycles. The monoisotopic (exact) mass is 375 g/mol. The molecule has 0 radical (unpaired) electrons. The maximum atomic E-state index is 12.0. The Labute approximate surface area is 162 Å². The van der Waals surface area contributed by atoms with Crippen LogP contribution in [0.3, 0.4) is 0 Å². The lowest BCUT2D eigenvalue weighted by atomic mass is 9.70. The van der Waals surface area contributed by atoms with Crippen LogP contribution in [0.15, 0.2) is 24.3 Å². The number of ether oxygens (including phenoxy) is 2. The van der Waals surface area contributed by atoms with Crippen LogP contribution >= 0.6 is 0 Å². The van der Waals surface area contributed by atoms with E-state index in [9.17, 15) is 9.90 Å². The van der Waals surface area contributed by atoms with Gasteiger partial charge in [-0.3, -0.25) is 4.90 Å². The lowest BCUT2D eigenvalue weighted by molar-refractivity contribution is -0.0778. The van der Waals surface area contributed by atoms with Gasteiger partial charge in [-0.05, 0) is 64.2 Å². The average Bonchev–Trinajstić information content (AvgIpc) is 2.81. The molecular weight excluding hydrogens is 342 g/mol. The highest BCUT2D eigenvalue weighted by atomic mass is 16.6. The van der Waals surface area contributed by atoms with Crippen LogP contribution in [0.4, 0.5) is 4.79 Å². The normalized spacial score (nSPS) is 26.0. The van der Waals surface area contributed by atoms with Gasteiger partial charge in [0.25, 0.3) is 0 Å². The molecule has 5 nitrogen and oxygen atoms in total. The molecule has 1 amide bonds. The minimum absolute atomic E-state index is 0.162. The molecule has 0 spiro atoms. The van der Waals surface area contributed by atoms with E-state index in [0.717, 1.165) is 5.75 Å². The van der Waals surface area contributed by atoms with E-state index in [1.807, 2.05) is 39.8 Å². The third-order valence-electron chi connectivity index (χ3n) is 6.40. The lowest BCUT2D eigenvalue weighted by Gasteiger charge is -2.41. The maximum Gasteiger partial charge on any atom is 0.410 e. The summed E-state index contributed by atoms with van der Waals surface area (Å²) in [7, 11) is 1.67. The Morgan fingerprint density at radius 3 is 2.22 bits per heavy atom. The van der Waals surface area contributed by atoms with E-state index in [2.05, 4.69) is 12.1 Å². The summed E-state index contributed by atoms with van der Waals surface area (Å²) in [6.07, 6.45) is 4.96. The lowest BCUT2D eigenvalue weighted by Crippen LogP contribution is -2.54. The van der Waals surface area contributed by atoms with Crippen molar-refractivity contribution >= 4 is 6.09 Å². The summed E-state index contributed by atoms with van der Waals surface area (Å²) in [4.78, 5) is 13.5. The number of hydrogen-bond acceptors (Lipinski definition) is 3. The van der Waals surface area contributed by atoms with E-state index in [4.69, 9.17) is 9.47 Å². The fourth-order valence-corrected chi connectivity index (χ4v) is 5.33. The van der Waals surface area contributed by atoms with Crippen molar-refractivity contribution in [3.63, 3.8) is 0 Å². The van der Waals surface area contributed by atoms with Gasteiger partial charge in [0.2, 0.25) is 0 Å². The molecule has 0 bridgehead atoms. The molecule has 0 aromatic heterocycles. The van der Waals surface area contributed by atoms with Crippen LogP contribution in [0.2, 0.25) is 0 Å². The second kappa shape index (κ2) is 7.34. The zero-order valence-electron chi connectivity index (χ0n) is 17.2. The van der Waals surface area contributed by atoms with Crippen LogP contribution < -0.4 is 4.74 Å². The third kappa shape index (κ3) is 3.66. The molecule has 27 heavy (non-hydrogen) atoms. The highest BCUT2D eigenvalue weighted by Crippen LogP contribution is 2.50. The van der Waals surface area contributed by atoms with Crippen molar-refractivity contribution in [3.8, 4) is 5.75 Å². The van der Waals surface area contributed by atoms with Gasteiger partial charge < -0.3 is 14.6 Å². The first-order valence-corrected chi connectivity index (χ1v) is 10.0. The van der Waals surface area contributed by atoms with Crippen molar-refractivity contribution in [1.29, 1.82) is 0 Å². The van der Waals surface area contributed by atoms with Gasteiger partial charge in [0.05, 0.1) is 18.8 Å². The van der Waals surface area contributed by atoms with Crippen molar-refractivity contribution in [2.24, 2.45) is 5.92 Å². The fraction of sp³-hybridized carbons (Fsp3) is 0.682. The summed E-state index contributed by atoms with van der Waals surface area (Å²) in [6.45, 7) is 7.71. The summed E-state index contributed by atoms with van der Waals surface area (Å²) in [5, 5.41) is 9.86. The molecule has 150 valence electrons. The van der Waals surface area contributed by atoms with Crippen molar-refractivity contribution in [1.82, 2.24) is 4.90 Å². The van der Waals surface area contributed by atoms with E-state index in [0.29, 0.717) is 5.92 Å². The van der Waals surface area contributed by atoms with Crippen LogP contribution in [0, 0.1) is 5.92 Å². The first kappa shape index (κ1) is 20.0. The Kier molecular flexibility index (Phi) is 5.44. The van der Waals surface area contributed by atoms with Gasteiger partial charge in [-0.15, -0.1) is 0 Å². The molecule has 1 saturated heterocycles. The predicted molar refractivity (Wildman–Crippen MR) is 105 cm³/mol. The number of methoxy groups -OCH3 is 1. The quantitative estimate of drug-likeness (QED) is 0.780. The zero-order valence-corrected chi connectivity index (χ0v) is 17.2. The van der Waals surface area contributed by atoms with E-state index in [1.54, 1.807) is 7.11 Å². The minimum atomic E-state index is -0.926. The summed E-state index contributed by atoms with van der Waals surface area (Å²) >= 11 is 0. The molecule has 2 unspecified atom stereocenters. The Hall–Kier alpha value is -1.75. The molecule has 2 aliphatic rings. The number of hydrogen-bond donors (Lipinski definition) is 1. The Morgan fingerprint density at radius 2 is 1.74 bits per heavy atom. The topological polar surface area (TPSA) is 59.0 Å². The number of rotatable bonds is 4. The molecule has 1 saturated carbocycles. The summed E-state index contributed by atoms with van der Waals surface area (Å²) < 4.78 is 11.8. The van der Waals surface area contributed by atoms with Gasteiger partial charge >= 0.3 is 6.09 Å². The smallest absolute Gasteiger partial charge is 0.410 e. The molecular formula is C22H33NO4. The van der Waals surface area contributed by atoms with Crippen LogP contribution in [0.1, 0.15) is 71.3 Å². The summed E-state index contributed by atoms with van der Waals surface area (Å²) in [5.74, 6) is 1.50. The first-order valence-electron chi connectivity index (χ1n) is 10.0. The molecule has 1 aliphatic heterocycles. The highest BCUT2D eigenvalue weighted by molar-refractivity contribution is 5.67. The van der Waals surface area contributed by atoms with E-state index < -0.39 is 17.4 Å². The largest absolute Gasteiger partial charge is 0.497 e. The maximum absolute atomic E-state index is 12.0. The summed E-state index contributed by atoms with van der Waals surface area (Å²) in [6, 6.07) is 8.22. The van der Waals surface area contributed by atoms with Crippen molar-refractivity contribution in [3.05, 3.63) is 29.8 Å². The Bertz CT molecular complexity index is 661. The second-order valence-corrected chi connectivity index (χ2v) is 8.95. The second-order valence-electron chi connectivity index (χ2n) is 8.95. The van der Waals surface area contributed by atoms with Gasteiger partial charge in [0.1, 0.15) is 11.5 Å². The number of benzene rings is 1. The predicted octanol–water partition coefficient (Wildman–Crippen LogP) is 5.25. The molecule has 1 aromatic rings. The van der Waals surface area contributed by atoms with E-state index >= 15 is 0 Å². The van der Waals surface area contributed by atoms with Gasteiger partial charge in [-0.25, -0.2) is 4.79 Å². The Balaban J connectivity index is 2.02. The van der Waals surface area contributed by atoms with Gasteiger partial charge in [0, 0.05) is 5.92 Å². The van der Waals surface area contributed by atoms with Gasteiger partial charge in [-0.2, -0.15) is 0 Å². The van der Waals surface area contributed by atoms with Crippen LogP contribution in [0.5, 0.6) is 5.75 Å². The molecule has 3 rings (SSSR count). The molecule has 2 atom stereocenters. The molecule has 2 fully saturated rings. The van der Waals surface area contributed by atoms with Gasteiger partial charge in [-0.1, -0.05) is 31.4 Å². The van der Waals surface area contributed by atoms with Crippen molar-refractivity contribution in [2.45, 2.75) is 83.1 Å². The van der Waals surface area contributed by atoms with E-state index in [-0.39, 0.29) is 12.0 Å². The zero-order chi connectivity index (χ0) is 19.8. The van der Waals surface area contributed by atoms with Crippen LogP contribution in [-0.4, -0.2) is 40.6 Å². The first-order chi connectivity index (χ1) is 12.7. The fourth-order valence-electron chi connectivity index (χ4n) is 5.33. The number of carbonyl (C=O) groups is 1. The number of carboxylic acid groups (broad SMARTS) is 1. The Morgan fingerprint density at radius 1 is 1.15 bits per heavy atom. The van der Waals surface area contributed by atoms with E-state index in [1.165, 1.54) is 42.6 Å².